The Hall–Kier alpha value is -0.600. The Balaban J connectivity index is 2.30. The number of hydrogen-bond donors (Lipinski definition) is 2. The fourth-order valence-corrected chi connectivity index (χ4v) is 2.34. The van der Waals surface area contributed by atoms with Crippen LogP contribution in [0.4, 0.5) is 0 Å². The second-order valence-electron chi connectivity index (χ2n) is 4.06. The van der Waals surface area contributed by atoms with E-state index in [1.54, 1.807) is 0 Å². The fraction of sp³-hybridized carbons (Fsp3) is 0.636. The molecule has 2 aliphatic rings. The van der Waals surface area contributed by atoms with Gasteiger partial charge in [-0.2, -0.15) is 0 Å². The van der Waals surface area contributed by atoms with Crippen molar-refractivity contribution in [2.75, 3.05) is 13.6 Å². The minimum absolute atomic E-state index is 0.364. The van der Waals surface area contributed by atoms with Crippen molar-refractivity contribution in [3.05, 3.63) is 23.3 Å². The second-order valence-corrected chi connectivity index (χ2v) is 4.06. The first-order valence-corrected chi connectivity index (χ1v) is 5.00. The minimum Gasteiger partial charge on any atom is -0.313 e. The average molecular weight is 178 g/mol. The van der Waals surface area contributed by atoms with E-state index in [-0.39, 0.29) is 0 Å². The number of likely N-dealkylation sites (N-methyl/N-ethyl adjacent to an activating group) is 1. The molecule has 1 aliphatic heterocycles. The second kappa shape index (κ2) is 2.96. The summed E-state index contributed by atoms with van der Waals surface area (Å²) in [6.45, 7) is 5.50. The maximum absolute atomic E-state index is 3.48. The van der Waals surface area contributed by atoms with Crippen molar-refractivity contribution < 1.29 is 0 Å². The van der Waals surface area contributed by atoms with E-state index >= 15 is 0 Å². The Bertz CT molecular complexity index is 272. The molecule has 1 fully saturated rings. The van der Waals surface area contributed by atoms with Gasteiger partial charge >= 0.3 is 0 Å². The first-order valence-electron chi connectivity index (χ1n) is 5.00. The summed E-state index contributed by atoms with van der Waals surface area (Å²) in [5.74, 6) is 0. The quantitative estimate of drug-likeness (QED) is 0.623. The van der Waals surface area contributed by atoms with Gasteiger partial charge in [-0.1, -0.05) is 12.2 Å². The van der Waals surface area contributed by atoms with E-state index in [9.17, 15) is 0 Å². The van der Waals surface area contributed by atoms with E-state index in [1.165, 1.54) is 17.6 Å². The van der Waals surface area contributed by atoms with Crippen molar-refractivity contribution in [1.82, 2.24) is 10.6 Å². The minimum atomic E-state index is 0.364. The Morgan fingerprint density at radius 3 is 2.77 bits per heavy atom. The van der Waals surface area contributed by atoms with Crippen molar-refractivity contribution in [2.45, 2.75) is 31.8 Å². The molecule has 2 unspecified atom stereocenters. The van der Waals surface area contributed by atoms with Gasteiger partial charge in [-0.05, 0) is 38.5 Å². The summed E-state index contributed by atoms with van der Waals surface area (Å²) in [7, 11) is 2.04. The lowest BCUT2D eigenvalue weighted by atomic mass is 10.0. The van der Waals surface area contributed by atoms with Gasteiger partial charge in [-0.15, -0.1) is 0 Å². The lowest BCUT2D eigenvalue weighted by Gasteiger charge is -2.10. The largest absolute Gasteiger partial charge is 0.313 e. The summed E-state index contributed by atoms with van der Waals surface area (Å²) in [6.07, 6.45) is 5.59. The Morgan fingerprint density at radius 1 is 1.62 bits per heavy atom. The highest BCUT2D eigenvalue weighted by Gasteiger charge is 2.50. The van der Waals surface area contributed by atoms with E-state index in [4.69, 9.17) is 0 Å². The summed E-state index contributed by atoms with van der Waals surface area (Å²) in [6, 6.07) is 0.547. The van der Waals surface area contributed by atoms with Crippen molar-refractivity contribution in [2.24, 2.45) is 0 Å². The molecule has 0 amide bonds. The lowest BCUT2D eigenvalue weighted by molar-refractivity contribution is 0.577. The van der Waals surface area contributed by atoms with Crippen LogP contribution in [-0.2, 0) is 0 Å². The molecule has 0 radical (unpaired) electrons. The smallest absolute Gasteiger partial charge is 0.0543 e. The van der Waals surface area contributed by atoms with E-state index in [0.717, 1.165) is 6.54 Å². The molecule has 1 heterocycles. The molecule has 0 saturated carbocycles. The summed E-state index contributed by atoms with van der Waals surface area (Å²) in [4.78, 5) is 0. The molecule has 1 saturated heterocycles. The van der Waals surface area contributed by atoms with Crippen LogP contribution in [-0.4, -0.2) is 25.2 Å². The Labute approximate surface area is 80.1 Å². The van der Waals surface area contributed by atoms with Crippen molar-refractivity contribution in [3.8, 4) is 0 Å². The number of nitrogens with one attached hydrogen (secondary N) is 2. The monoisotopic (exact) mass is 178 g/mol. The third-order valence-corrected chi connectivity index (χ3v) is 3.38. The standard InChI is InChI=1S/C11H18N2/c1-4-5-9-8(2)11(7-13-11)6-10(9)12-3/h4-5,10,12-13H,6-7H2,1-3H3/b5-4-. The van der Waals surface area contributed by atoms with Crippen molar-refractivity contribution >= 4 is 0 Å². The van der Waals surface area contributed by atoms with Crippen LogP contribution in [0.3, 0.4) is 0 Å². The Morgan fingerprint density at radius 2 is 2.31 bits per heavy atom. The van der Waals surface area contributed by atoms with Crippen LogP contribution < -0.4 is 10.6 Å². The SMILES string of the molecule is C/C=C\C1=C(C)C2(CN2)CC1NC. The predicted octanol–water partition coefficient (Wildman–Crippen LogP) is 1.21. The summed E-state index contributed by atoms with van der Waals surface area (Å²) < 4.78 is 0. The maximum Gasteiger partial charge on any atom is 0.0543 e. The molecule has 1 aliphatic carbocycles. The molecule has 2 heteroatoms. The molecule has 2 rings (SSSR count). The zero-order valence-electron chi connectivity index (χ0n) is 8.65. The third kappa shape index (κ3) is 1.25. The highest BCUT2D eigenvalue weighted by atomic mass is 15.2. The molecule has 2 N–H and O–H groups in total. The summed E-state index contributed by atoms with van der Waals surface area (Å²) >= 11 is 0. The van der Waals surface area contributed by atoms with Gasteiger partial charge in [0, 0.05) is 12.6 Å². The first-order chi connectivity index (χ1) is 6.23. The van der Waals surface area contributed by atoms with E-state index in [0.29, 0.717) is 11.6 Å². The van der Waals surface area contributed by atoms with E-state index in [2.05, 4.69) is 36.6 Å². The molecule has 0 aromatic rings. The molecule has 13 heavy (non-hydrogen) atoms. The molecular formula is C11H18N2. The van der Waals surface area contributed by atoms with Gasteiger partial charge in [0.2, 0.25) is 0 Å². The van der Waals surface area contributed by atoms with Gasteiger partial charge in [0.1, 0.15) is 0 Å². The number of allylic oxidation sites excluding steroid dienone is 1. The highest BCUT2D eigenvalue weighted by Crippen LogP contribution is 2.42. The van der Waals surface area contributed by atoms with Crippen LogP contribution in [0.1, 0.15) is 20.3 Å². The zero-order chi connectivity index (χ0) is 9.47. The van der Waals surface area contributed by atoms with E-state index < -0.39 is 0 Å². The maximum atomic E-state index is 3.48. The van der Waals surface area contributed by atoms with Gasteiger partial charge in [-0.25, -0.2) is 0 Å². The molecule has 1 spiro atoms. The van der Waals surface area contributed by atoms with Gasteiger partial charge in [0.25, 0.3) is 0 Å². The number of rotatable bonds is 2. The average Bonchev–Trinajstić information content (AvgIpc) is 2.86. The molecular weight excluding hydrogens is 160 g/mol. The topological polar surface area (TPSA) is 34.0 Å². The zero-order valence-corrected chi connectivity index (χ0v) is 8.65. The van der Waals surface area contributed by atoms with Gasteiger partial charge in [0.15, 0.2) is 0 Å². The first kappa shape index (κ1) is 8.97. The molecule has 0 aromatic heterocycles. The van der Waals surface area contributed by atoms with Crippen LogP contribution in [0, 0.1) is 0 Å². The normalized spacial score (nSPS) is 38.2. The lowest BCUT2D eigenvalue weighted by Crippen LogP contribution is -2.26. The Kier molecular flexibility index (Phi) is 2.05. The fourth-order valence-electron chi connectivity index (χ4n) is 2.34. The van der Waals surface area contributed by atoms with Gasteiger partial charge in [0.05, 0.1) is 5.54 Å². The van der Waals surface area contributed by atoms with E-state index in [1.807, 2.05) is 7.05 Å². The summed E-state index contributed by atoms with van der Waals surface area (Å²) in [5, 5.41) is 6.86. The van der Waals surface area contributed by atoms with Crippen molar-refractivity contribution in [1.29, 1.82) is 0 Å². The van der Waals surface area contributed by atoms with Crippen LogP contribution in [0.2, 0.25) is 0 Å². The molecule has 0 aromatic carbocycles. The highest BCUT2D eigenvalue weighted by molar-refractivity contribution is 5.46. The molecule has 0 bridgehead atoms. The van der Waals surface area contributed by atoms with Crippen LogP contribution in [0.5, 0.6) is 0 Å². The molecule has 2 atom stereocenters. The molecule has 72 valence electrons. The summed E-state index contributed by atoms with van der Waals surface area (Å²) in [5.41, 5.74) is 3.38. The number of hydrogen-bond acceptors (Lipinski definition) is 2. The third-order valence-electron chi connectivity index (χ3n) is 3.38. The van der Waals surface area contributed by atoms with Crippen LogP contribution in [0.15, 0.2) is 23.3 Å². The van der Waals surface area contributed by atoms with Gasteiger partial charge < -0.3 is 10.6 Å². The van der Waals surface area contributed by atoms with Crippen LogP contribution in [0.25, 0.3) is 0 Å². The van der Waals surface area contributed by atoms with Crippen molar-refractivity contribution in [3.63, 3.8) is 0 Å². The van der Waals surface area contributed by atoms with Gasteiger partial charge in [-0.3, -0.25) is 0 Å². The predicted molar refractivity (Wildman–Crippen MR) is 55.7 cm³/mol. The van der Waals surface area contributed by atoms with Crippen LogP contribution >= 0.6 is 0 Å². The molecule has 2 nitrogen and oxygen atoms in total.